The molecule has 0 aromatic heterocycles. The van der Waals surface area contributed by atoms with Crippen LogP contribution in [0.3, 0.4) is 0 Å². The maximum Gasteiger partial charge on any atom is 0.226 e. The molecule has 0 unspecified atom stereocenters. The summed E-state index contributed by atoms with van der Waals surface area (Å²) in [6.07, 6.45) is 13.7. The number of amides is 1. The number of allylic oxidation sites excluding steroid dienone is 2. The van der Waals surface area contributed by atoms with Gasteiger partial charge in [-0.25, -0.2) is 0 Å². The number of hydrogen-bond acceptors (Lipinski definition) is 3. The van der Waals surface area contributed by atoms with E-state index >= 15 is 0 Å². The van der Waals surface area contributed by atoms with E-state index in [1.165, 1.54) is 0 Å². The Morgan fingerprint density at radius 3 is 2.32 bits per heavy atom. The summed E-state index contributed by atoms with van der Waals surface area (Å²) in [6, 6.07) is -0.310. The molecule has 3 aliphatic rings. The lowest BCUT2D eigenvalue weighted by Crippen LogP contribution is -2.47. The van der Waals surface area contributed by atoms with Crippen LogP contribution in [0, 0.1) is 29.1 Å². The quantitative estimate of drug-likeness (QED) is 0.489. The number of fused-ring (bicyclic) bond motifs is 3. The van der Waals surface area contributed by atoms with Gasteiger partial charge in [-0.15, -0.1) is 0 Å². The van der Waals surface area contributed by atoms with E-state index in [2.05, 4.69) is 26.0 Å². The molecule has 0 bridgehead atoms. The second kappa shape index (κ2) is 8.92. The van der Waals surface area contributed by atoms with Crippen molar-refractivity contribution >= 4 is 18.0 Å². The lowest BCUT2D eigenvalue weighted by atomic mass is 9.90. The van der Waals surface area contributed by atoms with Crippen molar-refractivity contribution in [2.24, 2.45) is 29.1 Å². The van der Waals surface area contributed by atoms with E-state index in [4.69, 9.17) is 0 Å². The third kappa shape index (κ3) is 4.41. The second-order valence-corrected chi connectivity index (χ2v) is 9.90. The van der Waals surface area contributed by atoms with Gasteiger partial charge in [0, 0.05) is 24.8 Å². The highest BCUT2D eigenvalue weighted by atomic mass is 16.2. The number of hydrogen-bond donors (Lipinski definition) is 0. The van der Waals surface area contributed by atoms with Crippen molar-refractivity contribution in [2.45, 2.75) is 84.6 Å². The topological polar surface area (TPSA) is 54.5 Å². The minimum atomic E-state index is -0.310. The normalized spacial score (nSPS) is 38.2. The van der Waals surface area contributed by atoms with E-state index in [9.17, 15) is 14.4 Å². The predicted octanol–water partition coefficient (Wildman–Crippen LogP) is 4.57. The van der Waals surface area contributed by atoms with Gasteiger partial charge < -0.3 is 9.69 Å². The average molecular weight is 388 g/mol. The first-order valence-corrected chi connectivity index (χ1v) is 11.3. The molecule has 28 heavy (non-hydrogen) atoms. The Morgan fingerprint density at radius 1 is 1.04 bits per heavy atom. The molecule has 2 heterocycles. The Kier molecular flexibility index (Phi) is 6.77. The molecule has 2 fully saturated rings. The average Bonchev–Trinajstić information content (AvgIpc) is 3.02. The van der Waals surface area contributed by atoms with Gasteiger partial charge in [-0.1, -0.05) is 45.8 Å². The standard InChI is InChI=1S/C24H37NO3/c1-17-12-10-8-6-4-5-7-9-11-13-18(16-26)14-20(27)22-21-19(24(21,2)3)15-25(22)23(17)28/h4-5,16-19,21-22H,6-15H2,1-3H3/b5-4+/t17-,18+,19-,21-,22+/m0/s1. The molecule has 156 valence electrons. The highest BCUT2D eigenvalue weighted by molar-refractivity contribution is 5.92. The maximum atomic E-state index is 13.2. The number of Topliss-reactive ketones (excluding diaryl/α,β-unsaturated/α-hetero) is 1. The van der Waals surface area contributed by atoms with Crippen molar-refractivity contribution in [2.75, 3.05) is 6.54 Å². The van der Waals surface area contributed by atoms with E-state index in [1.807, 2.05) is 11.8 Å². The number of ketones is 1. The second-order valence-electron chi connectivity index (χ2n) is 9.90. The van der Waals surface area contributed by atoms with E-state index in [0.29, 0.717) is 18.9 Å². The van der Waals surface area contributed by atoms with Crippen molar-refractivity contribution in [1.29, 1.82) is 0 Å². The Labute approximate surface area is 170 Å². The molecule has 5 atom stereocenters. The van der Waals surface area contributed by atoms with E-state index in [-0.39, 0.29) is 40.9 Å². The van der Waals surface area contributed by atoms with Crippen molar-refractivity contribution in [1.82, 2.24) is 4.90 Å². The summed E-state index contributed by atoms with van der Waals surface area (Å²) in [4.78, 5) is 39.8. The molecule has 0 radical (unpaired) electrons. The molecule has 1 saturated heterocycles. The van der Waals surface area contributed by atoms with Crippen LogP contribution in [-0.2, 0) is 14.4 Å². The van der Waals surface area contributed by atoms with Gasteiger partial charge in [-0.3, -0.25) is 9.59 Å². The summed E-state index contributed by atoms with van der Waals surface area (Å²) >= 11 is 0. The molecule has 3 rings (SSSR count). The summed E-state index contributed by atoms with van der Waals surface area (Å²) in [7, 11) is 0. The molecule has 4 heteroatoms. The highest BCUT2D eigenvalue weighted by Gasteiger charge is 2.69. The molecule has 0 N–H and O–H groups in total. The molecule has 0 aromatic carbocycles. The van der Waals surface area contributed by atoms with Gasteiger partial charge >= 0.3 is 0 Å². The summed E-state index contributed by atoms with van der Waals surface area (Å²) in [5, 5.41) is 0. The van der Waals surface area contributed by atoms with Crippen LogP contribution >= 0.6 is 0 Å². The molecular weight excluding hydrogens is 350 g/mol. The smallest absolute Gasteiger partial charge is 0.226 e. The van der Waals surface area contributed by atoms with Crippen LogP contribution in [0.5, 0.6) is 0 Å². The van der Waals surface area contributed by atoms with Crippen molar-refractivity contribution in [3.8, 4) is 0 Å². The summed E-state index contributed by atoms with van der Waals surface area (Å²) in [5.41, 5.74) is 0.140. The van der Waals surface area contributed by atoms with Crippen LogP contribution in [0.1, 0.15) is 78.6 Å². The van der Waals surface area contributed by atoms with Crippen LogP contribution in [0.2, 0.25) is 0 Å². The first-order chi connectivity index (χ1) is 13.4. The maximum absolute atomic E-state index is 13.2. The molecule has 1 amide bonds. The Hall–Kier alpha value is -1.45. The molecular formula is C24H37NO3. The van der Waals surface area contributed by atoms with Gasteiger partial charge in [0.2, 0.25) is 5.91 Å². The van der Waals surface area contributed by atoms with Crippen LogP contribution in [0.15, 0.2) is 12.2 Å². The number of carbonyl (C=O) groups excluding carboxylic acids is 3. The third-order valence-electron chi connectivity index (χ3n) is 7.52. The Morgan fingerprint density at radius 2 is 1.68 bits per heavy atom. The zero-order valence-electron chi connectivity index (χ0n) is 17.9. The number of rotatable bonds is 1. The lowest BCUT2D eigenvalue weighted by molar-refractivity contribution is -0.143. The zero-order chi connectivity index (χ0) is 20.3. The Bertz CT molecular complexity index is 623. The van der Waals surface area contributed by atoms with Gasteiger partial charge in [0.1, 0.15) is 6.29 Å². The summed E-state index contributed by atoms with van der Waals surface area (Å²) in [5.74, 6) is 0.724. The summed E-state index contributed by atoms with van der Waals surface area (Å²) < 4.78 is 0. The van der Waals surface area contributed by atoms with Crippen LogP contribution < -0.4 is 0 Å². The number of carbonyl (C=O) groups is 3. The van der Waals surface area contributed by atoms with Crippen LogP contribution in [0.25, 0.3) is 0 Å². The van der Waals surface area contributed by atoms with Gasteiger partial charge in [0.15, 0.2) is 5.78 Å². The Balaban J connectivity index is 1.75. The fourth-order valence-electron chi connectivity index (χ4n) is 5.50. The molecule has 0 spiro atoms. The largest absolute Gasteiger partial charge is 0.332 e. The van der Waals surface area contributed by atoms with Crippen LogP contribution in [0.4, 0.5) is 0 Å². The van der Waals surface area contributed by atoms with E-state index < -0.39 is 0 Å². The fourth-order valence-corrected chi connectivity index (χ4v) is 5.50. The molecule has 1 aliphatic carbocycles. The minimum absolute atomic E-state index is 0.0301. The minimum Gasteiger partial charge on any atom is -0.332 e. The highest BCUT2D eigenvalue weighted by Crippen LogP contribution is 2.65. The van der Waals surface area contributed by atoms with Crippen molar-refractivity contribution < 1.29 is 14.4 Å². The SMILES string of the molecule is C[C@H]1CCCC/C=C/CCCC[C@@H](C=O)CC(=O)[C@@H]2[C@@H]3[C@H](CN2C1=O)C3(C)C. The lowest BCUT2D eigenvalue weighted by Gasteiger charge is -2.32. The zero-order valence-corrected chi connectivity index (χ0v) is 17.9. The first-order valence-electron chi connectivity index (χ1n) is 11.3. The molecule has 2 aliphatic heterocycles. The van der Waals surface area contributed by atoms with E-state index in [0.717, 1.165) is 57.7 Å². The van der Waals surface area contributed by atoms with E-state index in [1.54, 1.807) is 0 Å². The van der Waals surface area contributed by atoms with Gasteiger partial charge in [-0.05, 0) is 55.8 Å². The number of aldehydes is 1. The van der Waals surface area contributed by atoms with Crippen molar-refractivity contribution in [3.63, 3.8) is 0 Å². The van der Waals surface area contributed by atoms with Crippen molar-refractivity contribution in [3.05, 3.63) is 12.2 Å². The molecule has 4 nitrogen and oxygen atoms in total. The van der Waals surface area contributed by atoms with Crippen LogP contribution in [-0.4, -0.2) is 35.5 Å². The monoisotopic (exact) mass is 387 g/mol. The molecule has 0 aromatic rings. The molecule has 1 saturated carbocycles. The third-order valence-corrected chi connectivity index (χ3v) is 7.52. The number of piperidine rings is 1. The van der Waals surface area contributed by atoms with Gasteiger partial charge in [0.05, 0.1) is 6.04 Å². The predicted molar refractivity (Wildman–Crippen MR) is 111 cm³/mol. The number of nitrogens with zero attached hydrogens (tertiary/aromatic N) is 1. The fraction of sp³-hybridized carbons (Fsp3) is 0.792. The first kappa shape index (κ1) is 21.3. The van der Waals surface area contributed by atoms with Gasteiger partial charge in [-0.2, -0.15) is 0 Å². The summed E-state index contributed by atoms with van der Waals surface area (Å²) in [6.45, 7) is 7.16. The van der Waals surface area contributed by atoms with Gasteiger partial charge in [0.25, 0.3) is 0 Å².